The van der Waals surface area contributed by atoms with E-state index in [0.717, 1.165) is 23.1 Å². The number of hydrogen-bond donors (Lipinski definition) is 1. The van der Waals surface area contributed by atoms with Crippen LogP contribution in [0.4, 0.5) is 0 Å². The molecule has 1 N–H and O–H groups in total. The van der Waals surface area contributed by atoms with Gasteiger partial charge in [0.2, 0.25) is 0 Å². The molecule has 0 saturated heterocycles. The second-order valence-electron chi connectivity index (χ2n) is 4.52. The number of carboxylic acids is 1. The zero-order chi connectivity index (χ0) is 12.0. The first-order chi connectivity index (χ1) is 8.15. The molecule has 2 aromatic rings. The Morgan fingerprint density at radius 2 is 2.24 bits per heavy atom. The van der Waals surface area contributed by atoms with Gasteiger partial charge in [0.05, 0.1) is 5.92 Å². The number of rotatable bonds is 1. The highest BCUT2D eigenvalue weighted by atomic mass is 79.9. The van der Waals surface area contributed by atoms with Gasteiger partial charge < -0.3 is 9.67 Å². The maximum Gasteiger partial charge on any atom is 0.306 e. The van der Waals surface area contributed by atoms with Gasteiger partial charge in [0.15, 0.2) is 0 Å². The van der Waals surface area contributed by atoms with Crippen molar-refractivity contribution in [2.24, 2.45) is 5.92 Å². The fraction of sp³-hybridized carbons (Fsp3) is 0.308. The molecule has 0 spiro atoms. The Balaban J connectivity index is 2.10. The number of aryl methyl sites for hydroxylation is 1. The Labute approximate surface area is 107 Å². The van der Waals surface area contributed by atoms with Gasteiger partial charge in [-0.2, -0.15) is 0 Å². The predicted octanol–water partition coefficient (Wildman–Crippen LogP) is 3.05. The third-order valence-electron chi connectivity index (χ3n) is 3.46. The van der Waals surface area contributed by atoms with Gasteiger partial charge in [0, 0.05) is 28.6 Å². The second kappa shape index (κ2) is 3.88. The molecule has 3 nitrogen and oxygen atoms in total. The molecular weight excluding hydrogens is 282 g/mol. The van der Waals surface area contributed by atoms with Crippen molar-refractivity contribution in [1.29, 1.82) is 0 Å². The summed E-state index contributed by atoms with van der Waals surface area (Å²) in [5.41, 5.74) is 2.33. The third-order valence-corrected chi connectivity index (χ3v) is 3.95. The molecule has 1 aliphatic heterocycles. The SMILES string of the molecule is O=C(O)C1CCn2c(cc3ccc(Br)cc32)C1. The molecule has 1 aliphatic rings. The molecule has 1 unspecified atom stereocenters. The minimum absolute atomic E-state index is 0.227. The van der Waals surface area contributed by atoms with E-state index in [0.29, 0.717) is 6.42 Å². The van der Waals surface area contributed by atoms with Gasteiger partial charge in [-0.3, -0.25) is 4.79 Å². The van der Waals surface area contributed by atoms with Gasteiger partial charge in [-0.05, 0) is 30.0 Å². The van der Waals surface area contributed by atoms with Crippen LogP contribution in [0.5, 0.6) is 0 Å². The number of aromatic nitrogens is 1. The van der Waals surface area contributed by atoms with E-state index in [1.54, 1.807) is 0 Å². The lowest BCUT2D eigenvalue weighted by Crippen LogP contribution is -2.24. The van der Waals surface area contributed by atoms with Crippen LogP contribution >= 0.6 is 15.9 Å². The zero-order valence-electron chi connectivity index (χ0n) is 9.19. The van der Waals surface area contributed by atoms with Crippen LogP contribution in [0, 0.1) is 5.92 Å². The van der Waals surface area contributed by atoms with Crippen LogP contribution in [0.25, 0.3) is 10.9 Å². The molecule has 0 bridgehead atoms. The van der Waals surface area contributed by atoms with Crippen molar-refractivity contribution >= 4 is 32.8 Å². The smallest absolute Gasteiger partial charge is 0.306 e. The fourth-order valence-electron chi connectivity index (χ4n) is 2.57. The summed E-state index contributed by atoms with van der Waals surface area (Å²) in [5, 5.41) is 10.3. The molecule has 0 fully saturated rings. The van der Waals surface area contributed by atoms with Crippen molar-refractivity contribution in [2.45, 2.75) is 19.4 Å². The van der Waals surface area contributed by atoms with Gasteiger partial charge in [-0.25, -0.2) is 0 Å². The van der Waals surface area contributed by atoms with Gasteiger partial charge in [-0.1, -0.05) is 22.0 Å². The number of halogens is 1. The van der Waals surface area contributed by atoms with Crippen LogP contribution in [0.1, 0.15) is 12.1 Å². The topological polar surface area (TPSA) is 42.2 Å². The van der Waals surface area contributed by atoms with Crippen LogP contribution in [0.2, 0.25) is 0 Å². The van der Waals surface area contributed by atoms with Crippen molar-refractivity contribution in [1.82, 2.24) is 4.57 Å². The molecule has 17 heavy (non-hydrogen) atoms. The standard InChI is InChI=1S/C13H12BrNO2/c14-10-2-1-8-5-11-6-9(13(16)17)3-4-15(11)12(8)7-10/h1-2,5,7,9H,3-4,6H2,(H,16,17). The lowest BCUT2D eigenvalue weighted by Gasteiger charge is -2.21. The summed E-state index contributed by atoms with van der Waals surface area (Å²) in [5.74, 6) is -0.905. The first kappa shape index (κ1) is 10.8. The lowest BCUT2D eigenvalue weighted by molar-refractivity contribution is -0.142. The van der Waals surface area contributed by atoms with Crippen molar-refractivity contribution in [3.05, 3.63) is 34.4 Å². The quantitative estimate of drug-likeness (QED) is 0.878. The number of fused-ring (bicyclic) bond motifs is 3. The maximum atomic E-state index is 11.0. The van der Waals surface area contributed by atoms with Crippen molar-refractivity contribution in [2.75, 3.05) is 0 Å². The summed E-state index contributed by atoms with van der Waals surface area (Å²) in [6.45, 7) is 0.798. The molecule has 1 atom stereocenters. The monoisotopic (exact) mass is 293 g/mol. The molecule has 0 saturated carbocycles. The Kier molecular flexibility index (Phi) is 2.47. The van der Waals surface area contributed by atoms with Crippen molar-refractivity contribution in [3.63, 3.8) is 0 Å². The number of aliphatic carboxylic acids is 1. The van der Waals surface area contributed by atoms with Crippen molar-refractivity contribution in [3.8, 4) is 0 Å². The highest BCUT2D eigenvalue weighted by Crippen LogP contribution is 2.29. The molecule has 2 heterocycles. The largest absolute Gasteiger partial charge is 0.481 e. The average molecular weight is 294 g/mol. The molecule has 88 valence electrons. The summed E-state index contributed by atoms with van der Waals surface area (Å²) in [7, 11) is 0. The minimum atomic E-state index is -0.678. The normalized spacial score (nSPS) is 19.2. The summed E-state index contributed by atoms with van der Waals surface area (Å²) >= 11 is 3.47. The number of carboxylic acid groups (broad SMARTS) is 1. The van der Waals surface area contributed by atoms with Gasteiger partial charge in [0.25, 0.3) is 0 Å². The van der Waals surface area contributed by atoms with Gasteiger partial charge in [0.1, 0.15) is 0 Å². The van der Waals surface area contributed by atoms with Gasteiger partial charge >= 0.3 is 5.97 Å². The number of carbonyl (C=O) groups is 1. The third kappa shape index (κ3) is 1.76. The van der Waals surface area contributed by atoms with E-state index in [9.17, 15) is 4.79 Å². The molecule has 0 aliphatic carbocycles. The first-order valence-electron chi connectivity index (χ1n) is 5.65. The average Bonchev–Trinajstić information content (AvgIpc) is 2.66. The first-order valence-corrected chi connectivity index (χ1v) is 6.45. The fourth-order valence-corrected chi connectivity index (χ4v) is 2.92. The Hall–Kier alpha value is -1.29. The lowest BCUT2D eigenvalue weighted by atomic mass is 9.96. The summed E-state index contributed by atoms with van der Waals surface area (Å²) in [4.78, 5) is 11.0. The summed E-state index contributed by atoms with van der Waals surface area (Å²) < 4.78 is 3.30. The van der Waals surface area contributed by atoms with E-state index in [2.05, 4.69) is 38.7 Å². The summed E-state index contributed by atoms with van der Waals surface area (Å²) in [6.07, 6.45) is 1.36. The number of hydrogen-bond acceptors (Lipinski definition) is 1. The van der Waals surface area contributed by atoms with E-state index < -0.39 is 5.97 Å². The molecular formula is C13H12BrNO2. The van der Waals surface area contributed by atoms with E-state index >= 15 is 0 Å². The van der Waals surface area contributed by atoms with Crippen LogP contribution in [-0.4, -0.2) is 15.6 Å². The Morgan fingerprint density at radius 3 is 3.00 bits per heavy atom. The van der Waals surface area contributed by atoms with Crippen molar-refractivity contribution < 1.29 is 9.90 Å². The minimum Gasteiger partial charge on any atom is -0.481 e. The highest BCUT2D eigenvalue weighted by molar-refractivity contribution is 9.10. The molecule has 0 amide bonds. The van der Waals surface area contributed by atoms with Crippen LogP contribution in [-0.2, 0) is 17.8 Å². The molecule has 1 aromatic carbocycles. The molecule has 3 rings (SSSR count). The van der Waals surface area contributed by atoms with Crippen LogP contribution < -0.4 is 0 Å². The Morgan fingerprint density at radius 1 is 1.41 bits per heavy atom. The highest BCUT2D eigenvalue weighted by Gasteiger charge is 2.25. The molecule has 0 radical (unpaired) electrons. The summed E-state index contributed by atoms with van der Waals surface area (Å²) in [6, 6.07) is 8.29. The van der Waals surface area contributed by atoms with E-state index in [-0.39, 0.29) is 5.92 Å². The second-order valence-corrected chi connectivity index (χ2v) is 5.43. The zero-order valence-corrected chi connectivity index (χ0v) is 10.8. The molecule has 1 aromatic heterocycles. The van der Waals surface area contributed by atoms with E-state index in [1.165, 1.54) is 10.9 Å². The number of nitrogens with zero attached hydrogens (tertiary/aromatic N) is 1. The van der Waals surface area contributed by atoms with E-state index in [1.807, 2.05) is 6.07 Å². The number of benzene rings is 1. The predicted molar refractivity (Wildman–Crippen MR) is 69.1 cm³/mol. The van der Waals surface area contributed by atoms with Crippen LogP contribution in [0.3, 0.4) is 0 Å². The Bertz CT molecular complexity index is 603. The molecule has 4 heteroatoms. The van der Waals surface area contributed by atoms with Gasteiger partial charge in [-0.15, -0.1) is 0 Å². The van der Waals surface area contributed by atoms with E-state index in [4.69, 9.17) is 5.11 Å². The maximum absolute atomic E-state index is 11.0. The van der Waals surface area contributed by atoms with Crippen LogP contribution in [0.15, 0.2) is 28.7 Å².